The molecule has 1 amide bonds. The Balaban J connectivity index is 2.81. The average Bonchev–Trinajstić information content (AvgIpc) is 2.37. The molecule has 0 saturated carbocycles. The Hall–Kier alpha value is -1.59. The van der Waals surface area contributed by atoms with Crippen molar-refractivity contribution >= 4 is 42.1 Å². The minimum absolute atomic E-state index is 0.0538. The first-order valence-corrected chi connectivity index (χ1v) is 8.41. The van der Waals surface area contributed by atoms with Gasteiger partial charge in [-0.1, -0.05) is 24.3 Å². The molecule has 0 aromatic heterocycles. The van der Waals surface area contributed by atoms with Gasteiger partial charge in [-0.3, -0.25) is 4.79 Å². The highest BCUT2D eigenvalue weighted by Gasteiger charge is 2.18. The molecule has 0 spiro atoms. The van der Waals surface area contributed by atoms with Gasteiger partial charge in [-0.15, -0.1) is 0 Å². The minimum atomic E-state index is -3.83. The summed E-state index contributed by atoms with van der Waals surface area (Å²) in [5.74, 6) is -0.0980. The molecule has 0 aliphatic rings. The molecule has 0 fully saturated rings. The van der Waals surface area contributed by atoms with Crippen molar-refractivity contribution in [3.8, 4) is 0 Å². The maximum Gasteiger partial charge on any atom is 0.261 e. The van der Waals surface area contributed by atoms with Crippen LogP contribution in [0.5, 0.6) is 0 Å². The molecule has 0 aliphatic heterocycles. The van der Waals surface area contributed by atoms with Gasteiger partial charge in [-0.05, 0) is 19.1 Å². The van der Waals surface area contributed by atoms with E-state index in [9.17, 15) is 13.2 Å². The van der Waals surface area contributed by atoms with Crippen LogP contribution in [0.3, 0.4) is 0 Å². The highest BCUT2D eigenvalue weighted by molar-refractivity contribution is 8.14. The van der Waals surface area contributed by atoms with Crippen LogP contribution in [0.25, 0.3) is 10.8 Å². The van der Waals surface area contributed by atoms with E-state index in [-0.39, 0.29) is 10.8 Å². The van der Waals surface area contributed by atoms with E-state index < -0.39 is 9.05 Å². The van der Waals surface area contributed by atoms with Gasteiger partial charge in [0.15, 0.2) is 0 Å². The number of hydrogen-bond acceptors (Lipinski definition) is 3. The summed E-state index contributed by atoms with van der Waals surface area (Å²) in [6.45, 7) is 3.85. The number of anilines is 1. The van der Waals surface area contributed by atoms with Crippen molar-refractivity contribution in [3.63, 3.8) is 0 Å². The smallest absolute Gasteiger partial charge is 0.261 e. The van der Waals surface area contributed by atoms with Crippen LogP contribution in [0.4, 0.5) is 5.69 Å². The lowest BCUT2D eigenvalue weighted by atomic mass is 10.1. The number of benzene rings is 2. The first-order valence-electron chi connectivity index (χ1n) is 6.10. The highest BCUT2D eigenvalue weighted by atomic mass is 35.7. The largest absolute Gasteiger partial charge is 0.312 e. The van der Waals surface area contributed by atoms with E-state index in [4.69, 9.17) is 10.7 Å². The third-order valence-electron chi connectivity index (χ3n) is 3.11. The molecule has 2 rings (SSSR count). The van der Waals surface area contributed by atoms with Crippen LogP contribution in [0.2, 0.25) is 0 Å². The molecular weight excluding hydrogens is 298 g/mol. The van der Waals surface area contributed by atoms with E-state index in [0.717, 1.165) is 0 Å². The summed E-state index contributed by atoms with van der Waals surface area (Å²) in [6, 6.07) is 10.0. The number of amides is 1. The average molecular weight is 312 g/mol. The second-order valence-electron chi connectivity index (χ2n) is 4.33. The Kier molecular flexibility index (Phi) is 4.01. The third-order valence-corrected chi connectivity index (χ3v) is 4.49. The van der Waals surface area contributed by atoms with Gasteiger partial charge in [-0.25, -0.2) is 8.42 Å². The van der Waals surface area contributed by atoms with E-state index in [1.54, 1.807) is 35.2 Å². The number of halogens is 1. The van der Waals surface area contributed by atoms with Crippen molar-refractivity contribution < 1.29 is 13.2 Å². The standard InChI is InChI=1S/C14H14ClNO3S/c1-3-16(10(2)17)13-8-4-7-12-11(13)6-5-9-14(12)20(15,18)19/h4-9H,3H2,1-2H3. The molecular formula is C14H14ClNO3S. The first-order chi connectivity index (χ1) is 9.36. The molecule has 0 saturated heterocycles. The quantitative estimate of drug-likeness (QED) is 0.818. The monoisotopic (exact) mass is 311 g/mol. The van der Waals surface area contributed by atoms with Gasteiger partial charge < -0.3 is 4.90 Å². The lowest BCUT2D eigenvalue weighted by Gasteiger charge is -2.21. The number of nitrogens with zero attached hydrogens (tertiary/aromatic N) is 1. The zero-order chi connectivity index (χ0) is 14.9. The predicted molar refractivity (Wildman–Crippen MR) is 80.7 cm³/mol. The van der Waals surface area contributed by atoms with E-state index >= 15 is 0 Å². The van der Waals surface area contributed by atoms with Crippen molar-refractivity contribution in [1.29, 1.82) is 0 Å². The zero-order valence-electron chi connectivity index (χ0n) is 11.1. The number of hydrogen-bond donors (Lipinski definition) is 0. The number of carbonyl (C=O) groups excluding carboxylic acids is 1. The fourth-order valence-electron chi connectivity index (χ4n) is 2.28. The van der Waals surface area contributed by atoms with Crippen molar-refractivity contribution in [2.45, 2.75) is 18.7 Å². The van der Waals surface area contributed by atoms with E-state index in [1.165, 1.54) is 13.0 Å². The lowest BCUT2D eigenvalue weighted by molar-refractivity contribution is -0.116. The van der Waals surface area contributed by atoms with Gasteiger partial charge in [0.2, 0.25) is 5.91 Å². The minimum Gasteiger partial charge on any atom is -0.312 e. The van der Waals surface area contributed by atoms with Gasteiger partial charge >= 0.3 is 0 Å². The fraction of sp³-hybridized carbons (Fsp3) is 0.214. The number of fused-ring (bicyclic) bond motifs is 1. The summed E-state index contributed by atoms with van der Waals surface area (Å²) in [5, 5.41) is 1.20. The SMILES string of the molecule is CCN(C(C)=O)c1cccc2c(S(=O)(=O)Cl)cccc12. The summed E-state index contributed by atoms with van der Waals surface area (Å²) in [7, 11) is 1.63. The Labute approximate surface area is 122 Å². The van der Waals surface area contributed by atoms with Gasteiger partial charge in [0, 0.05) is 34.9 Å². The topological polar surface area (TPSA) is 54.5 Å². The van der Waals surface area contributed by atoms with Crippen LogP contribution >= 0.6 is 10.7 Å². The molecule has 2 aromatic carbocycles. The third kappa shape index (κ3) is 2.64. The second kappa shape index (κ2) is 5.42. The van der Waals surface area contributed by atoms with Crippen molar-refractivity contribution in [1.82, 2.24) is 0 Å². The molecule has 0 bridgehead atoms. The molecule has 6 heteroatoms. The van der Waals surface area contributed by atoms with Crippen LogP contribution in [0, 0.1) is 0 Å². The predicted octanol–water partition coefficient (Wildman–Crippen LogP) is 3.14. The summed E-state index contributed by atoms with van der Waals surface area (Å²) in [6.07, 6.45) is 0. The van der Waals surface area contributed by atoms with Gasteiger partial charge in [-0.2, -0.15) is 0 Å². The highest BCUT2D eigenvalue weighted by Crippen LogP contribution is 2.32. The Morgan fingerprint density at radius 2 is 1.75 bits per heavy atom. The van der Waals surface area contributed by atoms with Crippen molar-refractivity contribution in [2.75, 3.05) is 11.4 Å². The molecule has 0 N–H and O–H groups in total. The van der Waals surface area contributed by atoms with Gasteiger partial charge in [0.25, 0.3) is 9.05 Å². The number of rotatable bonds is 3. The van der Waals surface area contributed by atoms with Gasteiger partial charge in [0.1, 0.15) is 0 Å². The number of carbonyl (C=O) groups is 1. The summed E-state index contributed by atoms with van der Waals surface area (Å²) >= 11 is 0. The maximum atomic E-state index is 11.7. The zero-order valence-corrected chi connectivity index (χ0v) is 12.7. The normalized spacial score (nSPS) is 11.6. The Morgan fingerprint density at radius 1 is 1.15 bits per heavy atom. The molecule has 0 atom stereocenters. The van der Waals surface area contributed by atoms with Crippen LogP contribution in [0.15, 0.2) is 41.3 Å². The summed E-state index contributed by atoms with van der Waals surface area (Å²) in [4.78, 5) is 13.3. The lowest BCUT2D eigenvalue weighted by Crippen LogP contribution is -2.28. The molecule has 0 unspecified atom stereocenters. The van der Waals surface area contributed by atoms with E-state index in [2.05, 4.69) is 0 Å². The van der Waals surface area contributed by atoms with Crippen LogP contribution in [-0.4, -0.2) is 20.9 Å². The molecule has 4 nitrogen and oxygen atoms in total. The van der Waals surface area contributed by atoms with E-state index in [1.807, 2.05) is 6.92 Å². The van der Waals surface area contributed by atoms with E-state index in [0.29, 0.717) is 23.0 Å². The first kappa shape index (κ1) is 14.8. The molecule has 2 aromatic rings. The molecule has 20 heavy (non-hydrogen) atoms. The van der Waals surface area contributed by atoms with Crippen LogP contribution in [-0.2, 0) is 13.8 Å². The summed E-state index contributed by atoms with van der Waals surface area (Å²) < 4.78 is 23.2. The van der Waals surface area contributed by atoms with Gasteiger partial charge in [0.05, 0.1) is 10.6 Å². The van der Waals surface area contributed by atoms with Crippen LogP contribution < -0.4 is 4.90 Å². The molecule has 106 valence electrons. The Morgan fingerprint density at radius 3 is 2.30 bits per heavy atom. The Bertz CT molecular complexity index is 771. The molecule has 0 radical (unpaired) electrons. The van der Waals surface area contributed by atoms with Crippen molar-refractivity contribution in [3.05, 3.63) is 36.4 Å². The van der Waals surface area contributed by atoms with Crippen molar-refractivity contribution in [2.24, 2.45) is 0 Å². The molecule has 0 aliphatic carbocycles. The molecule has 0 heterocycles. The summed E-state index contributed by atoms with van der Waals surface area (Å²) in [5.41, 5.74) is 0.680. The second-order valence-corrected chi connectivity index (χ2v) is 6.86. The fourth-order valence-corrected chi connectivity index (χ4v) is 3.36. The maximum absolute atomic E-state index is 11.7. The van der Waals surface area contributed by atoms with Crippen LogP contribution in [0.1, 0.15) is 13.8 Å².